The summed E-state index contributed by atoms with van der Waals surface area (Å²) in [4.78, 5) is 25.5. The normalized spacial score (nSPS) is 33.8. The number of aliphatic hydroxyl groups is 13. The highest BCUT2D eigenvalue weighted by molar-refractivity contribution is 5.76. The van der Waals surface area contributed by atoms with Gasteiger partial charge in [0, 0.05) is 13.3 Å². The lowest BCUT2D eigenvalue weighted by atomic mass is 9.95. The Morgan fingerprint density at radius 2 is 0.839 bits per heavy atom. The van der Waals surface area contributed by atoms with Gasteiger partial charge in [-0.3, -0.25) is 9.59 Å². The molecular formula is C62H114N2O23. The SMILES string of the molecule is CCCCCCCCCCCCC/C=C/[C@@H](O)[C@H](CO[C@@H]1OC(CO)[C@@H](O[C@@H]2OC(CO)[C@H](O)[C@H](O[C@H]3OC(CO)[C@H](O)[C@H](O[C@@H]4OC(CO)[C@H](O)[C@H](O)C4NC(C)=O)C3O)C2O)[C@H](O)C1O)NC(=O)CCCCCCCCCCCCCCCCC. The second kappa shape index (κ2) is 43.6. The molecule has 0 spiro atoms. The van der Waals surface area contributed by atoms with Crippen molar-refractivity contribution in [3.05, 3.63) is 12.2 Å². The molecule has 2 amide bonds. The average molecular weight is 1260 g/mol. The van der Waals surface area contributed by atoms with Gasteiger partial charge in [-0.05, 0) is 19.3 Å². The van der Waals surface area contributed by atoms with E-state index in [-0.39, 0.29) is 12.3 Å². The molecule has 87 heavy (non-hydrogen) atoms. The number of carbonyl (C=O) groups excluding carboxylic acids is 2. The predicted octanol–water partition coefficient (Wildman–Crippen LogP) is 1.78. The van der Waals surface area contributed by atoms with Gasteiger partial charge in [0.25, 0.3) is 0 Å². The molecule has 4 saturated heterocycles. The molecule has 4 heterocycles. The fourth-order valence-corrected chi connectivity index (χ4v) is 11.7. The van der Waals surface area contributed by atoms with Gasteiger partial charge < -0.3 is 115 Å². The van der Waals surface area contributed by atoms with E-state index >= 15 is 0 Å². The number of rotatable bonds is 45. The summed E-state index contributed by atoms with van der Waals surface area (Å²) < 4.78 is 46.5. The lowest BCUT2D eigenvalue weighted by Gasteiger charge is -2.49. The number of hydrogen-bond donors (Lipinski definition) is 15. The molecule has 0 radical (unpaired) electrons. The minimum absolute atomic E-state index is 0.212. The van der Waals surface area contributed by atoms with E-state index in [1.54, 1.807) is 6.08 Å². The molecule has 4 fully saturated rings. The number of nitrogens with one attached hydrogen (secondary N) is 2. The van der Waals surface area contributed by atoms with Gasteiger partial charge in [0.05, 0.1) is 45.2 Å². The Morgan fingerprint density at radius 1 is 0.448 bits per heavy atom. The lowest BCUT2D eigenvalue weighted by molar-refractivity contribution is -0.387. The minimum atomic E-state index is -2.11. The van der Waals surface area contributed by atoms with Crippen molar-refractivity contribution in [3.63, 3.8) is 0 Å². The molecule has 0 aromatic carbocycles. The third kappa shape index (κ3) is 26.0. The molecule has 0 aliphatic carbocycles. The van der Waals surface area contributed by atoms with Crippen LogP contribution in [0.25, 0.3) is 0 Å². The summed E-state index contributed by atoms with van der Waals surface area (Å²) in [6.07, 6.45) is -0.502. The Hall–Kier alpha value is -2.16. The molecular weight excluding hydrogens is 1140 g/mol. The topological polar surface area (TPSA) is 395 Å². The summed E-state index contributed by atoms with van der Waals surface area (Å²) in [6.45, 7) is 1.57. The minimum Gasteiger partial charge on any atom is -0.394 e. The number of amides is 2. The van der Waals surface area contributed by atoms with Crippen molar-refractivity contribution in [2.24, 2.45) is 0 Å². The summed E-state index contributed by atoms with van der Waals surface area (Å²) in [5.74, 6) is -1.02. The van der Waals surface area contributed by atoms with Gasteiger partial charge in [-0.25, -0.2) is 0 Å². The molecule has 0 aromatic rings. The Kier molecular flexibility index (Phi) is 38.8. The zero-order valence-corrected chi connectivity index (χ0v) is 52.1. The smallest absolute Gasteiger partial charge is 0.220 e. The summed E-state index contributed by atoms with van der Waals surface area (Å²) in [6, 6.07) is -2.55. The van der Waals surface area contributed by atoms with Gasteiger partial charge in [0.2, 0.25) is 11.8 Å². The molecule has 0 bridgehead atoms. The van der Waals surface area contributed by atoms with Crippen LogP contribution < -0.4 is 10.6 Å². The molecule has 15 N–H and O–H groups in total. The number of carbonyl (C=O) groups is 2. The zero-order chi connectivity index (χ0) is 63.7. The molecule has 0 saturated carbocycles. The van der Waals surface area contributed by atoms with Crippen LogP contribution in [0.2, 0.25) is 0 Å². The van der Waals surface area contributed by atoms with Crippen LogP contribution >= 0.6 is 0 Å². The largest absolute Gasteiger partial charge is 0.394 e. The summed E-state index contributed by atoms with van der Waals surface area (Å²) in [5, 5.41) is 148. The first-order valence-electron chi connectivity index (χ1n) is 32.9. The highest BCUT2D eigenvalue weighted by Crippen LogP contribution is 2.35. The first-order valence-corrected chi connectivity index (χ1v) is 32.9. The predicted molar refractivity (Wildman–Crippen MR) is 317 cm³/mol. The van der Waals surface area contributed by atoms with Crippen molar-refractivity contribution < 1.29 is 114 Å². The van der Waals surface area contributed by atoms with Crippen LogP contribution in [-0.2, 0) is 47.5 Å². The van der Waals surface area contributed by atoms with E-state index in [9.17, 15) is 76.0 Å². The standard InChI is InChI=1S/C62H114N2O23/c1-4-6-8-10-12-14-16-18-19-21-23-25-27-29-31-33-46(71)64-40(41(70)32-30-28-26-24-22-20-17-15-13-11-9-7-5-2)38-80-60-53(77)52(76)56(45(37-68)84-60)85-61-55(79)58(50(74)44(36-67)82-61)87-62-54(78)57(49(73)43(35-66)83-62)86-59-47(63-39(3)69)51(75)48(72)42(34-65)81-59/h30,32,40-45,47-62,65-68,70,72-79H,4-29,31,33-38H2,1-3H3,(H,63,69)(H,64,71)/b32-30+/t40-,41+,42?,43?,44?,45?,47?,48-,49-,50-,51+,52+,53?,54?,55?,56+,57-,58-,59-,60+,61-,62+/m0/s1. The Bertz CT molecular complexity index is 1830. The van der Waals surface area contributed by atoms with E-state index in [0.717, 1.165) is 51.9 Å². The third-order valence-corrected chi connectivity index (χ3v) is 17.1. The molecule has 0 aromatic heterocycles. The zero-order valence-electron chi connectivity index (χ0n) is 52.1. The maximum Gasteiger partial charge on any atom is 0.220 e. The van der Waals surface area contributed by atoms with Gasteiger partial charge in [-0.15, -0.1) is 0 Å². The summed E-state index contributed by atoms with van der Waals surface area (Å²) in [5.41, 5.74) is 0. The van der Waals surface area contributed by atoms with Crippen LogP contribution in [0.5, 0.6) is 0 Å². The molecule has 4 rings (SSSR count). The van der Waals surface area contributed by atoms with Gasteiger partial charge in [-0.1, -0.05) is 180 Å². The van der Waals surface area contributed by atoms with E-state index in [1.165, 1.54) is 116 Å². The lowest BCUT2D eigenvalue weighted by Crippen LogP contribution is -2.69. The van der Waals surface area contributed by atoms with E-state index in [0.29, 0.717) is 12.8 Å². The van der Waals surface area contributed by atoms with Gasteiger partial charge in [0.15, 0.2) is 25.2 Å². The highest BCUT2D eigenvalue weighted by Gasteiger charge is 2.56. The second-order valence-corrected chi connectivity index (χ2v) is 24.3. The molecule has 25 heteroatoms. The quantitative estimate of drug-likeness (QED) is 0.0305. The van der Waals surface area contributed by atoms with Gasteiger partial charge in [0.1, 0.15) is 97.6 Å². The number of allylic oxidation sites excluding steroid dienone is 1. The van der Waals surface area contributed by atoms with E-state index in [1.807, 2.05) is 6.08 Å². The Morgan fingerprint density at radius 3 is 1.29 bits per heavy atom. The maximum absolute atomic E-state index is 13.4. The van der Waals surface area contributed by atoms with Crippen LogP contribution in [0.1, 0.15) is 201 Å². The molecule has 510 valence electrons. The third-order valence-electron chi connectivity index (χ3n) is 17.1. The second-order valence-electron chi connectivity index (χ2n) is 24.3. The molecule has 25 nitrogen and oxygen atoms in total. The molecule has 4 aliphatic rings. The maximum atomic E-state index is 13.4. The number of ether oxygens (including phenoxy) is 8. The van der Waals surface area contributed by atoms with Crippen molar-refractivity contribution in [2.45, 2.75) is 335 Å². The van der Waals surface area contributed by atoms with E-state index < -0.39 is 174 Å². The van der Waals surface area contributed by atoms with Crippen molar-refractivity contribution in [3.8, 4) is 0 Å². The van der Waals surface area contributed by atoms with Crippen LogP contribution in [0, 0.1) is 0 Å². The van der Waals surface area contributed by atoms with Crippen molar-refractivity contribution in [2.75, 3.05) is 33.0 Å². The number of hydrogen-bond acceptors (Lipinski definition) is 23. The van der Waals surface area contributed by atoms with Crippen LogP contribution in [-0.4, -0.2) is 246 Å². The fraction of sp³-hybridized carbons (Fsp3) is 0.935. The summed E-state index contributed by atoms with van der Waals surface area (Å²) in [7, 11) is 0. The van der Waals surface area contributed by atoms with Crippen LogP contribution in [0.3, 0.4) is 0 Å². The summed E-state index contributed by atoms with van der Waals surface area (Å²) >= 11 is 0. The van der Waals surface area contributed by atoms with Crippen molar-refractivity contribution in [1.29, 1.82) is 0 Å². The Balaban J connectivity index is 1.37. The first-order chi connectivity index (χ1) is 42.0. The van der Waals surface area contributed by atoms with E-state index in [4.69, 9.17) is 37.9 Å². The fourth-order valence-electron chi connectivity index (χ4n) is 11.7. The molecule has 22 atom stereocenters. The first kappa shape index (κ1) is 77.3. The van der Waals surface area contributed by atoms with Crippen molar-refractivity contribution in [1.82, 2.24) is 10.6 Å². The average Bonchev–Trinajstić information content (AvgIpc) is 1.17. The van der Waals surface area contributed by atoms with Crippen molar-refractivity contribution >= 4 is 11.8 Å². The highest BCUT2D eigenvalue weighted by atomic mass is 16.8. The Labute approximate surface area is 515 Å². The van der Waals surface area contributed by atoms with E-state index in [2.05, 4.69) is 24.5 Å². The van der Waals surface area contributed by atoms with Gasteiger partial charge in [-0.2, -0.15) is 0 Å². The monoisotopic (exact) mass is 1250 g/mol. The number of aliphatic hydroxyl groups excluding tert-OH is 13. The molecule has 8 unspecified atom stereocenters. The number of unbranched alkanes of at least 4 members (excludes halogenated alkanes) is 25. The van der Waals surface area contributed by atoms with Gasteiger partial charge >= 0.3 is 0 Å². The van der Waals surface area contributed by atoms with Crippen LogP contribution in [0.4, 0.5) is 0 Å². The molecule has 4 aliphatic heterocycles. The van der Waals surface area contributed by atoms with Crippen LogP contribution in [0.15, 0.2) is 12.2 Å².